The van der Waals surface area contributed by atoms with Crippen molar-refractivity contribution in [3.05, 3.63) is 29.8 Å². The van der Waals surface area contributed by atoms with E-state index in [4.69, 9.17) is 4.74 Å². The van der Waals surface area contributed by atoms with Crippen LogP contribution in [0.1, 0.15) is 24.2 Å². The zero-order chi connectivity index (χ0) is 16.1. The van der Waals surface area contributed by atoms with Gasteiger partial charge in [0.05, 0.1) is 7.11 Å². The number of piperazine rings is 1. The lowest BCUT2D eigenvalue weighted by Crippen LogP contribution is -2.50. The number of carbonyl (C=O) groups excluding carboxylic acids is 2. The summed E-state index contributed by atoms with van der Waals surface area (Å²) in [5.41, 5.74) is 0.694. The SMILES string of the molecule is COC(=O)N1CCN(C(=O)c2ccc(SC(C)C)cc2)CC1. The van der Waals surface area contributed by atoms with Crippen LogP contribution in [-0.2, 0) is 4.74 Å². The highest BCUT2D eigenvalue weighted by atomic mass is 32.2. The van der Waals surface area contributed by atoms with Gasteiger partial charge in [0.15, 0.2) is 0 Å². The van der Waals surface area contributed by atoms with Gasteiger partial charge in [-0.3, -0.25) is 4.79 Å². The minimum Gasteiger partial charge on any atom is -0.453 e. The highest BCUT2D eigenvalue weighted by Crippen LogP contribution is 2.23. The highest BCUT2D eigenvalue weighted by molar-refractivity contribution is 7.99. The first kappa shape index (κ1) is 16.7. The first-order valence-electron chi connectivity index (χ1n) is 7.40. The highest BCUT2D eigenvalue weighted by Gasteiger charge is 2.25. The van der Waals surface area contributed by atoms with Gasteiger partial charge >= 0.3 is 6.09 Å². The zero-order valence-corrected chi connectivity index (χ0v) is 14.1. The summed E-state index contributed by atoms with van der Waals surface area (Å²) >= 11 is 1.78. The smallest absolute Gasteiger partial charge is 0.409 e. The Morgan fingerprint density at radius 2 is 1.59 bits per heavy atom. The topological polar surface area (TPSA) is 49.9 Å². The second-order valence-corrected chi connectivity index (χ2v) is 7.09. The van der Waals surface area contributed by atoms with E-state index in [0.717, 1.165) is 0 Å². The van der Waals surface area contributed by atoms with Gasteiger partial charge < -0.3 is 14.5 Å². The van der Waals surface area contributed by atoms with E-state index < -0.39 is 0 Å². The van der Waals surface area contributed by atoms with Crippen molar-refractivity contribution in [3.63, 3.8) is 0 Å². The number of benzene rings is 1. The summed E-state index contributed by atoms with van der Waals surface area (Å²) in [5.74, 6) is 0.0191. The van der Waals surface area contributed by atoms with Crippen LogP contribution in [0.15, 0.2) is 29.2 Å². The van der Waals surface area contributed by atoms with E-state index in [-0.39, 0.29) is 12.0 Å². The number of hydrogen-bond acceptors (Lipinski definition) is 4. The van der Waals surface area contributed by atoms with Gasteiger partial charge in [0, 0.05) is 41.9 Å². The summed E-state index contributed by atoms with van der Waals surface area (Å²) in [6, 6.07) is 7.73. The maximum atomic E-state index is 12.5. The van der Waals surface area contributed by atoms with E-state index in [0.29, 0.717) is 37.0 Å². The predicted octanol–water partition coefficient (Wildman–Crippen LogP) is 2.71. The van der Waals surface area contributed by atoms with Crippen molar-refractivity contribution in [2.45, 2.75) is 24.0 Å². The van der Waals surface area contributed by atoms with Gasteiger partial charge in [-0.15, -0.1) is 11.8 Å². The Hall–Kier alpha value is -1.69. The molecule has 0 saturated carbocycles. The van der Waals surface area contributed by atoms with E-state index in [2.05, 4.69) is 13.8 Å². The fourth-order valence-corrected chi connectivity index (χ4v) is 3.19. The van der Waals surface area contributed by atoms with Gasteiger partial charge in [0.1, 0.15) is 0 Å². The Morgan fingerprint density at radius 1 is 1.05 bits per heavy atom. The Labute approximate surface area is 135 Å². The number of methoxy groups -OCH3 is 1. The third kappa shape index (κ3) is 4.16. The minimum atomic E-state index is -0.331. The normalized spacial score (nSPS) is 15.1. The molecule has 120 valence electrons. The molecule has 0 spiro atoms. The van der Waals surface area contributed by atoms with E-state index in [9.17, 15) is 9.59 Å². The van der Waals surface area contributed by atoms with Gasteiger partial charge in [-0.2, -0.15) is 0 Å². The van der Waals surface area contributed by atoms with Gasteiger partial charge in [-0.25, -0.2) is 4.79 Å². The number of rotatable bonds is 3. The number of hydrogen-bond donors (Lipinski definition) is 0. The Morgan fingerprint density at radius 3 is 2.09 bits per heavy atom. The van der Waals surface area contributed by atoms with Gasteiger partial charge in [0.25, 0.3) is 5.91 Å². The number of ether oxygens (including phenoxy) is 1. The number of carbonyl (C=O) groups is 2. The molecule has 0 atom stereocenters. The molecule has 0 aliphatic carbocycles. The zero-order valence-electron chi connectivity index (χ0n) is 13.2. The van der Waals surface area contributed by atoms with Crippen LogP contribution >= 0.6 is 11.8 Å². The molecular weight excluding hydrogens is 300 g/mol. The van der Waals surface area contributed by atoms with E-state index in [1.165, 1.54) is 12.0 Å². The third-order valence-corrected chi connectivity index (χ3v) is 4.49. The molecule has 0 unspecified atom stereocenters. The molecule has 6 heteroatoms. The second kappa shape index (κ2) is 7.54. The van der Waals surface area contributed by atoms with Crippen LogP contribution in [0.5, 0.6) is 0 Å². The first-order chi connectivity index (χ1) is 10.5. The molecule has 22 heavy (non-hydrogen) atoms. The molecule has 0 N–H and O–H groups in total. The van der Waals surface area contributed by atoms with Crippen LogP contribution in [0.3, 0.4) is 0 Å². The van der Waals surface area contributed by atoms with Crippen molar-refractivity contribution in [2.75, 3.05) is 33.3 Å². The number of thioether (sulfide) groups is 1. The van der Waals surface area contributed by atoms with E-state index >= 15 is 0 Å². The Bertz CT molecular complexity index is 523. The Kier molecular flexibility index (Phi) is 5.71. The van der Waals surface area contributed by atoms with Crippen molar-refractivity contribution >= 4 is 23.8 Å². The van der Waals surface area contributed by atoms with Crippen LogP contribution in [0.4, 0.5) is 4.79 Å². The molecule has 1 aromatic carbocycles. The molecule has 1 saturated heterocycles. The number of amides is 2. The van der Waals surface area contributed by atoms with Crippen LogP contribution in [0.2, 0.25) is 0 Å². The summed E-state index contributed by atoms with van der Waals surface area (Å²) < 4.78 is 4.70. The van der Waals surface area contributed by atoms with Crippen molar-refractivity contribution in [2.24, 2.45) is 0 Å². The first-order valence-corrected chi connectivity index (χ1v) is 8.28. The van der Waals surface area contributed by atoms with E-state index in [1.807, 2.05) is 24.3 Å². The van der Waals surface area contributed by atoms with Crippen molar-refractivity contribution in [1.29, 1.82) is 0 Å². The van der Waals surface area contributed by atoms with Gasteiger partial charge in [-0.05, 0) is 24.3 Å². The summed E-state index contributed by atoms with van der Waals surface area (Å²) in [4.78, 5) is 28.5. The average Bonchev–Trinajstić information content (AvgIpc) is 2.54. The molecule has 5 nitrogen and oxygen atoms in total. The lowest BCUT2D eigenvalue weighted by atomic mass is 10.2. The average molecular weight is 322 g/mol. The molecule has 1 aliphatic rings. The molecule has 2 amide bonds. The third-order valence-electron chi connectivity index (χ3n) is 3.47. The van der Waals surface area contributed by atoms with Crippen molar-refractivity contribution in [1.82, 2.24) is 9.80 Å². The van der Waals surface area contributed by atoms with Crippen LogP contribution in [0.25, 0.3) is 0 Å². The summed E-state index contributed by atoms with van der Waals surface area (Å²) in [7, 11) is 1.37. The lowest BCUT2D eigenvalue weighted by Gasteiger charge is -2.33. The van der Waals surface area contributed by atoms with Crippen molar-refractivity contribution in [3.8, 4) is 0 Å². The van der Waals surface area contributed by atoms with E-state index in [1.54, 1.807) is 21.6 Å². The standard InChI is InChI=1S/C16H22N2O3S/c1-12(2)22-14-6-4-13(5-7-14)15(19)17-8-10-18(11-9-17)16(20)21-3/h4-7,12H,8-11H2,1-3H3. The van der Waals surface area contributed by atoms with Crippen LogP contribution in [-0.4, -0.2) is 60.3 Å². The number of nitrogens with zero attached hydrogens (tertiary/aromatic N) is 2. The fourth-order valence-electron chi connectivity index (χ4n) is 2.35. The summed E-state index contributed by atoms with van der Waals surface area (Å²) in [6.07, 6.45) is -0.331. The predicted molar refractivity (Wildman–Crippen MR) is 87.3 cm³/mol. The maximum absolute atomic E-state index is 12.5. The van der Waals surface area contributed by atoms with Crippen LogP contribution < -0.4 is 0 Å². The monoisotopic (exact) mass is 322 g/mol. The fraction of sp³-hybridized carbons (Fsp3) is 0.500. The quantitative estimate of drug-likeness (QED) is 0.803. The van der Waals surface area contributed by atoms with Gasteiger partial charge in [0.2, 0.25) is 0 Å². The molecule has 1 fully saturated rings. The second-order valence-electron chi connectivity index (χ2n) is 5.44. The summed E-state index contributed by atoms with van der Waals surface area (Å²) in [5, 5.41) is 0.521. The minimum absolute atomic E-state index is 0.0191. The molecule has 1 aliphatic heterocycles. The molecule has 1 aromatic rings. The molecule has 2 rings (SSSR count). The molecular formula is C16H22N2O3S. The van der Waals surface area contributed by atoms with Crippen molar-refractivity contribution < 1.29 is 14.3 Å². The molecule has 0 aromatic heterocycles. The lowest BCUT2D eigenvalue weighted by molar-refractivity contribution is 0.0599. The van der Waals surface area contributed by atoms with Crippen LogP contribution in [0, 0.1) is 0 Å². The maximum Gasteiger partial charge on any atom is 0.409 e. The Balaban J connectivity index is 1.93. The van der Waals surface area contributed by atoms with Gasteiger partial charge in [-0.1, -0.05) is 13.8 Å². The molecule has 0 radical (unpaired) electrons. The summed E-state index contributed by atoms with van der Waals surface area (Å²) in [6.45, 7) is 6.39. The molecule has 0 bridgehead atoms. The largest absolute Gasteiger partial charge is 0.453 e. The molecule has 1 heterocycles.